The number of aromatic nitrogens is 1. The summed E-state index contributed by atoms with van der Waals surface area (Å²) in [6.07, 6.45) is -2.83. The van der Waals surface area contributed by atoms with Gasteiger partial charge in [-0.3, -0.25) is 0 Å². The number of nitriles is 1. The molecule has 0 saturated carbocycles. The molecule has 3 rings (SSSR count). The van der Waals surface area contributed by atoms with Crippen LogP contribution in [0.1, 0.15) is 25.0 Å². The number of anilines is 2. The molecule has 1 fully saturated rings. The number of nitrogens with zero attached hydrogens (tertiary/aromatic N) is 4. The zero-order chi connectivity index (χ0) is 19.8. The number of benzene rings is 1. The lowest BCUT2D eigenvalue weighted by atomic mass is 10.0. The first kappa shape index (κ1) is 19.5. The molecule has 0 amide bonds. The van der Waals surface area contributed by atoms with Crippen LogP contribution in [0.25, 0.3) is 0 Å². The van der Waals surface area contributed by atoms with Crippen LogP contribution in [0.3, 0.4) is 0 Å². The molecular formula is C19H18BrF3N4. The Morgan fingerprint density at radius 3 is 2.19 bits per heavy atom. The summed E-state index contributed by atoms with van der Waals surface area (Å²) in [6.45, 7) is 5.27. The molecule has 8 heteroatoms. The number of hydrogen-bond donors (Lipinski definition) is 0. The minimum Gasteiger partial charge on any atom is -0.365 e. The summed E-state index contributed by atoms with van der Waals surface area (Å²) in [5.41, 5.74) is 0.262. The van der Waals surface area contributed by atoms with Crippen molar-refractivity contribution in [2.24, 2.45) is 0 Å². The highest BCUT2D eigenvalue weighted by atomic mass is 79.9. The standard InChI is InChI=1S/C19H18BrF3N4/c1-12-11-27(16-5-6-25-18(20)8-16)13(2)10-26(12)15-4-3-14(9-24)17(7-15)19(21,22)23/h3-8,12-13H,10-11H2,1-2H3/t12-,13+/m0/s1. The molecule has 27 heavy (non-hydrogen) atoms. The highest BCUT2D eigenvalue weighted by molar-refractivity contribution is 9.10. The molecule has 0 unspecified atom stereocenters. The summed E-state index contributed by atoms with van der Waals surface area (Å²) in [5.74, 6) is 0. The van der Waals surface area contributed by atoms with Gasteiger partial charge in [0.15, 0.2) is 0 Å². The molecule has 0 bridgehead atoms. The van der Waals surface area contributed by atoms with Crippen molar-refractivity contribution in [2.75, 3.05) is 22.9 Å². The third-order valence-corrected chi connectivity index (χ3v) is 5.22. The molecule has 1 aromatic heterocycles. The van der Waals surface area contributed by atoms with E-state index in [1.807, 2.05) is 30.9 Å². The SMILES string of the molecule is C[C@@H]1CN(c2ccc(C#N)c(C(F)(F)F)c2)[C@@H](C)CN1c1ccnc(Br)c1. The van der Waals surface area contributed by atoms with Crippen molar-refractivity contribution in [2.45, 2.75) is 32.1 Å². The molecule has 1 aliphatic heterocycles. The van der Waals surface area contributed by atoms with Crippen molar-refractivity contribution in [3.8, 4) is 6.07 Å². The van der Waals surface area contributed by atoms with E-state index in [1.54, 1.807) is 18.3 Å². The highest BCUT2D eigenvalue weighted by Gasteiger charge is 2.36. The number of halogens is 4. The third kappa shape index (κ3) is 4.03. The normalized spacial score (nSPS) is 20.5. The van der Waals surface area contributed by atoms with E-state index in [0.717, 1.165) is 16.4 Å². The Kier molecular flexibility index (Phi) is 5.33. The van der Waals surface area contributed by atoms with Crippen LogP contribution in [-0.4, -0.2) is 30.2 Å². The molecule has 0 spiro atoms. The summed E-state index contributed by atoms with van der Waals surface area (Å²) in [4.78, 5) is 8.33. The van der Waals surface area contributed by atoms with E-state index in [4.69, 9.17) is 5.26 Å². The number of alkyl halides is 3. The number of piperazine rings is 1. The van der Waals surface area contributed by atoms with Gasteiger partial charge >= 0.3 is 6.18 Å². The van der Waals surface area contributed by atoms with Crippen molar-refractivity contribution < 1.29 is 13.2 Å². The molecule has 2 aromatic rings. The van der Waals surface area contributed by atoms with Gasteiger partial charge in [0.05, 0.1) is 17.2 Å². The van der Waals surface area contributed by atoms with Crippen LogP contribution >= 0.6 is 15.9 Å². The summed E-state index contributed by atoms with van der Waals surface area (Å²) >= 11 is 3.37. The summed E-state index contributed by atoms with van der Waals surface area (Å²) in [7, 11) is 0. The minimum atomic E-state index is -4.55. The second-order valence-electron chi connectivity index (χ2n) is 6.68. The molecule has 2 atom stereocenters. The van der Waals surface area contributed by atoms with E-state index < -0.39 is 11.7 Å². The lowest BCUT2D eigenvalue weighted by molar-refractivity contribution is -0.137. The van der Waals surface area contributed by atoms with Crippen molar-refractivity contribution in [3.63, 3.8) is 0 Å². The molecule has 1 aromatic carbocycles. The largest absolute Gasteiger partial charge is 0.417 e. The van der Waals surface area contributed by atoms with E-state index >= 15 is 0 Å². The van der Waals surface area contributed by atoms with Gasteiger partial charge in [0.1, 0.15) is 4.60 Å². The summed E-state index contributed by atoms with van der Waals surface area (Å²) in [5, 5.41) is 8.98. The Morgan fingerprint density at radius 2 is 1.67 bits per heavy atom. The molecule has 1 aliphatic rings. The van der Waals surface area contributed by atoms with Crippen molar-refractivity contribution in [1.29, 1.82) is 5.26 Å². The average molecular weight is 439 g/mol. The second kappa shape index (κ2) is 7.39. The van der Waals surface area contributed by atoms with Gasteiger partial charge in [-0.2, -0.15) is 18.4 Å². The molecule has 1 saturated heterocycles. The number of hydrogen-bond acceptors (Lipinski definition) is 4. The zero-order valence-electron chi connectivity index (χ0n) is 14.8. The van der Waals surface area contributed by atoms with Gasteiger partial charge in [-0.15, -0.1) is 0 Å². The highest BCUT2D eigenvalue weighted by Crippen LogP contribution is 2.36. The van der Waals surface area contributed by atoms with Crippen LogP contribution in [0.15, 0.2) is 41.1 Å². The van der Waals surface area contributed by atoms with Crippen LogP contribution < -0.4 is 9.80 Å². The molecular weight excluding hydrogens is 421 g/mol. The average Bonchev–Trinajstić information content (AvgIpc) is 2.62. The molecule has 2 heterocycles. The summed E-state index contributed by atoms with van der Waals surface area (Å²) in [6, 6.07) is 9.51. The second-order valence-corrected chi connectivity index (χ2v) is 7.49. The Balaban J connectivity index is 1.89. The van der Waals surface area contributed by atoms with E-state index in [2.05, 4.69) is 25.8 Å². The monoisotopic (exact) mass is 438 g/mol. The maximum atomic E-state index is 13.3. The van der Waals surface area contributed by atoms with Gasteiger partial charge < -0.3 is 9.80 Å². The molecule has 0 aliphatic carbocycles. The van der Waals surface area contributed by atoms with E-state index in [-0.39, 0.29) is 17.6 Å². The van der Waals surface area contributed by atoms with Crippen LogP contribution in [0.5, 0.6) is 0 Å². The first-order valence-corrected chi connectivity index (χ1v) is 9.26. The van der Waals surface area contributed by atoms with E-state index in [1.165, 1.54) is 6.07 Å². The van der Waals surface area contributed by atoms with Gasteiger partial charge in [0, 0.05) is 42.7 Å². The predicted molar refractivity (Wildman–Crippen MR) is 102 cm³/mol. The number of rotatable bonds is 2. The third-order valence-electron chi connectivity index (χ3n) is 4.79. The van der Waals surface area contributed by atoms with Crippen LogP contribution in [-0.2, 0) is 6.18 Å². The van der Waals surface area contributed by atoms with Crippen LogP contribution in [0, 0.1) is 11.3 Å². The topological polar surface area (TPSA) is 43.2 Å². The smallest absolute Gasteiger partial charge is 0.365 e. The quantitative estimate of drug-likeness (QED) is 0.629. The fourth-order valence-corrected chi connectivity index (χ4v) is 3.81. The lowest BCUT2D eigenvalue weighted by Gasteiger charge is -2.46. The van der Waals surface area contributed by atoms with Crippen molar-refractivity contribution in [3.05, 3.63) is 52.3 Å². The Bertz CT molecular complexity index is 878. The minimum absolute atomic E-state index is 0.00200. The molecule has 4 nitrogen and oxygen atoms in total. The van der Waals surface area contributed by atoms with E-state index in [9.17, 15) is 13.2 Å². The number of pyridine rings is 1. The van der Waals surface area contributed by atoms with Crippen LogP contribution in [0.2, 0.25) is 0 Å². The van der Waals surface area contributed by atoms with Crippen LogP contribution in [0.4, 0.5) is 24.5 Å². The van der Waals surface area contributed by atoms with Crippen molar-refractivity contribution >= 4 is 27.3 Å². The maximum absolute atomic E-state index is 13.3. The first-order valence-electron chi connectivity index (χ1n) is 8.47. The Hall–Kier alpha value is -2.27. The zero-order valence-corrected chi connectivity index (χ0v) is 16.4. The van der Waals surface area contributed by atoms with Gasteiger partial charge in [0.2, 0.25) is 0 Å². The van der Waals surface area contributed by atoms with Gasteiger partial charge in [-0.1, -0.05) is 0 Å². The van der Waals surface area contributed by atoms with E-state index in [0.29, 0.717) is 18.8 Å². The fourth-order valence-electron chi connectivity index (χ4n) is 3.46. The Labute approximate surface area is 164 Å². The maximum Gasteiger partial charge on any atom is 0.417 e. The van der Waals surface area contributed by atoms with Gasteiger partial charge in [-0.25, -0.2) is 4.98 Å². The molecule has 142 valence electrons. The molecule has 0 radical (unpaired) electrons. The van der Waals surface area contributed by atoms with Gasteiger partial charge in [0.25, 0.3) is 0 Å². The predicted octanol–water partition coefficient (Wildman–Crippen LogP) is 4.84. The first-order chi connectivity index (χ1) is 12.7. The lowest BCUT2D eigenvalue weighted by Crippen LogP contribution is -2.56. The Morgan fingerprint density at radius 1 is 1.07 bits per heavy atom. The molecule has 0 N–H and O–H groups in total. The van der Waals surface area contributed by atoms with Crippen molar-refractivity contribution in [1.82, 2.24) is 4.98 Å². The van der Waals surface area contributed by atoms with Gasteiger partial charge in [-0.05, 0) is 60.1 Å². The fraction of sp³-hybridized carbons (Fsp3) is 0.368. The summed E-state index contributed by atoms with van der Waals surface area (Å²) < 4.78 is 40.6.